The second-order valence-corrected chi connectivity index (χ2v) is 3.92. The number of hydrogen-bond acceptors (Lipinski definition) is 1. The Bertz CT molecular complexity index is 262. The van der Waals surface area contributed by atoms with Crippen LogP contribution in [0.5, 0.6) is 0 Å². The van der Waals surface area contributed by atoms with Gasteiger partial charge in [0.2, 0.25) is 0 Å². The van der Waals surface area contributed by atoms with E-state index in [0.29, 0.717) is 5.92 Å². The fourth-order valence-corrected chi connectivity index (χ4v) is 1.01. The smallest absolute Gasteiger partial charge is 0.0627 e. The van der Waals surface area contributed by atoms with Crippen molar-refractivity contribution in [3.8, 4) is 0 Å². The van der Waals surface area contributed by atoms with Gasteiger partial charge in [-0.05, 0) is 40.1 Å². The Hall–Kier alpha value is -0.630. The van der Waals surface area contributed by atoms with Crippen molar-refractivity contribution in [2.24, 2.45) is 5.92 Å². The quantitative estimate of drug-likeness (QED) is 0.751. The highest BCUT2D eigenvalue weighted by Crippen LogP contribution is 2.09. The molecule has 0 aromatic carbocycles. The van der Waals surface area contributed by atoms with Crippen LogP contribution in [-0.2, 0) is 0 Å². The van der Waals surface area contributed by atoms with Crippen LogP contribution in [-0.4, -0.2) is 4.98 Å². The number of halogens is 1. The lowest BCUT2D eigenvalue weighted by atomic mass is 10.2. The summed E-state index contributed by atoms with van der Waals surface area (Å²) in [6.07, 6.45) is 5.98. The minimum atomic E-state index is 0.579. The van der Waals surface area contributed by atoms with Crippen molar-refractivity contribution < 1.29 is 0 Å². The Balaban J connectivity index is 2.71. The van der Waals surface area contributed by atoms with Gasteiger partial charge in [-0.25, -0.2) is 0 Å². The molecule has 0 atom stereocenters. The summed E-state index contributed by atoms with van der Waals surface area (Å²) in [5.41, 5.74) is 1.01. The summed E-state index contributed by atoms with van der Waals surface area (Å²) in [6, 6.07) is 3.98. The molecule has 0 unspecified atom stereocenters. The van der Waals surface area contributed by atoms with E-state index in [9.17, 15) is 0 Å². The molecule has 0 fully saturated rings. The summed E-state index contributed by atoms with van der Waals surface area (Å²) in [4.78, 5) is 4.22. The van der Waals surface area contributed by atoms with Crippen molar-refractivity contribution in [3.05, 3.63) is 34.6 Å². The van der Waals surface area contributed by atoms with Gasteiger partial charge in [0.15, 0.2) is 0 Å². The van der Waals surface area contributed by atoms with E-state index in [1.807, 2.05) is 18.2 Å². The monoisotopic (exact) mass is 225 g/mol. The highest BCUT2D eigenvalue weighted by Gasteiger charge is 1.89. The van der Waals surface area contributed by atoms with Crippen LogP contribution in [0.3, 0.4) is 0 Å². The molecule has 0 N–H and O–H groups in total. The van der Waals surface area contributed by atoms with Crippen molar-refractivity contribution in [1.29, 1.82) is 0 Å². The van der Waals surface area contributed by atoms with Gasteiger partial charge >= 0.3 is 0 Å². The first kappa shape index (κ1) is 9.46. The number of rotatable bonds is 2. The second-order valence-electron chi connectivity index (χ2n) is 3.00. The van der Waals surface area contributed by atoms with Gasteiger partial charge in [-0.1, -0.05) is 19.9 Å². The molecule has 0 spiro atoms. The SMILES string of the molecule is CC(C)/C=C/c1ccc(Br)cn1. The number of nitrogens with zero attached hydrogens (tertiary/aromatic N) is 1. The summed E-state index contributed by atoms with van der Waals surface area (Å²) < 4.78 is 1.02. The van der Waals surface area contributed by atoms with E-state index in [1.165, 1.54) is 0 Å². The average Bonchev–Trinajstić information content (AvgIpc) is 2.03. The molecule has 0 bridgehead atoms. The third-order valence-corrected chi connectivity index (χ3v) is 1.87. The maximum absolute atomic E-state index is 4.22. The molecule has 0 aliphatic carbocycles. The first-order valence-electron chi connectivity index (χ1n) is 3.98. The van der Waals surface area contributed by atoms with Crippen LogP contribution in [0.4, 0.5) is 0 Å². The standard InChI is InChI=1S/C10H12BrN/c1-8(2)3-5-10-6-4-9(11)7-12-10/h3-8H,1-2H3/b5-3+. The Morgan fingerprint density at radius 3 is 2.67 bits per heavy atom. The van der Waals surface area contributed by atoms with Crippen molar-refractivity contribution >= 4 is 22.0 Å². The van der Waals surface area contributed by atoms with E-state index in [2.05, 4.69) is 40.8 Å². The molecule has 0 aliphatic heterocycles. The lowest BCUT2D eigenvalue weighted by Gasteiger charge is -1.94. The molecule has 2 heteroatoms. The van der Waals surface area contributed by atoms with Crippen LogP contribution < -0.4 is 0 Å². The molecule has 1 heterocycles. The molecule has 0 aliphatic rings. The Morgan fingerprint density at radius 2 is 2.17 bits per heavy atom. The predicted molar refractivity (Wildman–Crippen MR) is 55.8 cm³/mol. The van der Waals surface area contributed by atoms with Gasteiger partial charge in [-0.3, -0.25) is 4.98 Å². The minimum Gasteiger partial charge on any atom is -0.256 e. The highest BCUT2D eigenvalue weighted by molar-refractivity contribution is 9.10. The van der Waals surface area contributed by atoms with Crippen LogP contribution in [0.2, 0.25) is 0 Å². The summed E-state index contributed by atoms with van der Waals surface area (Å²) in [6.45, 7) is 4.30. The Labute approximate surface area is 81.7 Å². The molecule has 1 aromatic rings. The topological polar surface area (TPSA) is 12.9 Å². The van der Waals surface area contributed by atoms with Crippen molar-refractivity contribution in [2.45, 2.75) is 13.8 Å². The third kappa shape index (κ3) is 3.18. The minimum absolute atomic E-state index is 0.579. The molecule has 1 aromatic heterocycles. The molecule has 0 saturated carbocycles. The summed E-state index contributed by atoms with van der Waals surface area (Å²) in [5.74, 6) is 0.579. The van der Waals surface area contributed by atoms with Gasteiger partial charge in [0.1, 0.15) is 0 Å². The molecular weight excluding hydrogens is 214 g/mol. The van der Waals surface area contributed by atoms with Crippen molar-refractivity contribution in [1.82, 2.24) is 4.98 Å². The third-order valence-electron chi connectivity index (χ3n) is 1.40. The fourth-order valence-electron chi connectivity index (χ4n) is 0.777. The van der Waals surface area contributed by atoms with E-state index in [0.717, 1.165) is 10.2 Å². The normalized spacial score (nSPS) is 11.3. The lowest BCUT2D eigenvalue weighted by molar-refractivity contribution is 0.836. The van der Waals surface area contributed by atoms with Crippen molar-refractivity contribution in [2.75, 3.05) is 0 Å². The van der Waals surface area contributed by atoms with Gasteiger partial charge in [0.25, 0.3) is 0 Å². The maximum Gasteiger partial charge on any atom is 0.0627 e. The Morgan fingerprint density at radius 1 is 1.42 bits per heavy atom. The molecule has 0 radical (unpaired) electrons. The van der Waals surface area contributed by atoms with Crippen LogP contribution in [0.1, 0.15) is 19.5 Å². The molecule has 0 saturated heterocycles. The van der Waals surface area contributed by atoms with E-state index >= 15 is 0 Å². The number of hydrogen-bond donors (Lipinski definition) is 0. The molecule has 0 amide bonds. The zero-order chi connectivity index (χ0) is 8.97. The zero-order valence-corrected chi connectivity index (χ0v) is 8.88. The van der Waals surface area contributed by atoms with Crippen LogP contribution in [0.15, 0.2) is 28.9 Å². The summed E-state index contributed by atoms with van der Waals surface area (Å²) in [5, 5.41) is 0. The number of pyridine rings is 1. The van der Waals surface area contributed by atoms with Crippen LogP contribution in [0, 0.1) is 5.92 Å². The molecule has 12 heavy (non-hydrogen) atoms. The number of aromatic nitrogens is 1. The van der Waals surface area contributed by atoms with Crippen molar-refractivity contribution in [3.63, 3.8) is 0 Å². The molecular formula is C10H12BrN. The maximum atomic E-state index is 4.22. The number of allylic oxidation sites excluding steroid dienone is 1. The van der Waals surface area contributed by atoms with Gasteiger partial charge in [0.05, 0.1) is 5.69 Å². The summed E-state index contributed by atoms with van der Waals surface area (Å²) >= 11 is 3.34. The van der Waals surface area contributed by atoms with Crippen LogP contribution in [0.25, 0.3) is 6.08 Å². The van der Waals surface area contributed by atoms with Gasteiger partial charge < -0.3 is 0 Å². The zero-order valence-electron chi connectivity index (χ0n) is 7.29. The second kappa shape index (κ2) is 4.41. The molecule has 1 rings (SSSR count). The van der Waals surface area contributed by atoms with E-state index in [1.54, 1.807) is 6.20 Å². The summed E-state index contributed by atoms with van der Waals surface area (Å²) in [7, 11) is 0. The predicted octanol–water partition coefficient (Wildman–Crippen LogP) is 3.51. The molecule has 1 nitrogen and oxygen atoms in total. The lowest BCUT2D eigenvalue weighted by Crippen LogP contribution is -1.81. The van der Waals surface area contributed by atoms with Crippen LogP contribution >= 0.6 is 15.9 Å². The Kier molecular flexibility index (Phi) is 3.48. The first-order chi connectivity index (χ1) is 5.68. The van der Waals surface area contributed by atoms with E-state index in [4.69, 9.17) is 0 Å². The van der Waals surface area contributed by atoms with Gasteiger partial charge in [-0.2, -0.15) is 0 Å². The first-order valence-corrected chi connectivity index (χ1v) is 4.77. The van der Waals surface area contributed by atoms with Gasteiger partial charge in [0, 0.05) is 10.7 Å². The largest absolute Gasteiger partial charge is 0.256 e. The van der Waals surface area contributed by atoms with E-state index < -0.39 is 0 Å². The van der Waals surface area contributed by atoms with Gasteiger partial charge in [-0.15, -0.1) is 0 Å². The highest BCUT2D eigenvalue weighted by atomic mass is 79.9. The fraction of sp³-hybridized carbons (Fsp3) is 0.300. The average molecular weight is 226 g/mol. The van der Waals surface area contributed by atoms with E-state index in [-0.39, 0.29) is 0 Å². The molecule has 64 valence electrons.